The Morgan fingerprint density at radius 1 is 1.36 bits per heavy atom. The van der Waals surface area contributed by atoms with Crippen LogP contribution in [0.5, 0.6) is 0 Å². The second-order valence-electron chi connectivity index (χ2n) is 3.66. The van der Waals surface area contributed by atoms with Crippen molar-refractivity contribution in [2.45, 2.75) is 36.7 Å². The van der Waals surface area contributed by atoms with Gasteiger partial charge in [0, 0.05) is 0 Å². The van der Waals surface area contributed by atoms with E-state index in [2.05, 4.69) is 4.74 Å². The first-order valence-corrected chi connectivity index (χ1v) is 4.12. The second-order valence-corrected chi connectivity index (χ2v) is 3.66. The van der Waals surface area contributed by atoms with Crippen molar-refractivity contribution in [1.82, 2.24) is 0 Å². The Balaban J connectivity index is 2.96. The highest BCUT2D eigenvalue weighted by Gasteiger charge is 2.57. The van der Waals surface area contributed by atoms with Gasteiger partial charge in [-0.15, -0.1) is 0 Å². The zero-order chi connectivity index (χ0) is 11.1. The molecular weight excluding hydrogens is 194 g/mol. The van der Waals surface area contributed by atoms with Gasteiger partial charge in [0.05, 0.1) is 6.61 Å². The predicted molar refractivity (Wildman–Crippen MR) is 43.7 cm³/mol. The molecule has 1 heterocycles. The van der Waals surface area contributed by atoms with E-state index in [1.807, 2.05) is 0 Å². The molecule has 7 nitrogen and oxygen atoms in total. The Kier molecular flexibility index (Phi) is 2.85. The van der Waals surface area contributed by atoms with Gasteiger partial charge in [0.2, 0.25) is 0 Å². The molecule has 1 aliphatic heterocycles. The Morgan fingerprint density at radius 3 is 2.29 bits per heavy atom. The Hall–Kier alpha value is -0.280. The number of aliphatic hydroxyl groups is 5. The molecule has 5 atom stereocenters. The highest BCUT2D eigenvalue weighted by atomic mass is 16.7. The molecule has 0 radical (unpaired) electrons. The third-order valence-corrected chi connectivity index (χ3v) is 2.42. The minimum absolute atomic E-state index is 0.635. The van der Waals surface area contributed by atoms with E-state index < -0.39 is 36.4 Å². The van der Waals surface area contributed by atoms with Gasteiger partial charge in [0.25, 0.3) is 5.91 Å². The zero-order valence-electron chi connectivity index (χ0n) is 7.66. The van der Waals surface area contributed by atoms with Gasteiger partial charge in [0.1, 0.15) is 17.8 Å². The maximum atomic E-state index is 9.62. The molecule has 0 spiro atoms. The maximum absolute atomic E-state index is 9.62. The number of rotatable bonds is 1. The van der Waals surface area contributed by atoms with E-state index in [0.717, 1.165) is 6.92 Å². The summed E-state index contributed by atoms with van der Waals surface area (Å²) in [5.74, 6) is -2.49. The molecule has 1 saturated heterocycles. The minimum atomic E-state index is -2.49. The average Bonchev–Trinajstić information content (AvgIpc) is 2.09. The first kappa shape index (κ1) is 11.8. The van der Waals surface area contributed by atoms with Gasteiger partial charge in [0.15, 0.2) is 6.10 Å². The summed E-state index contributed by atoms with van der Waals surface area (Å²) in [5.41, 5.74) is 3.08. The van der Waals surface area contributed by atoms with Crippen LogP contribution in [0.3, 0.4) is 0 Å². The third-order valence-electron chi connectivity index (χ3n) is 2.42. The van der Waals surface area contributed by atoms with Crippen molar-refractivity contribution in [3.05, 3.63) is 0 Å². The van der Waals surface area contributed by atoms with Gasteiger partial charge >= 0.3 is 0 Å². The fraction of sp³-hybridized carbons (Fsp3) is 1.00. The maximum Gasteiger partial charge on any atom is 0.253 e. The van der Waals surface area contributed by atoms with Crippen LogP contribution in [0.25, 0.3) is 0 Å². The van der Waals surface area contributed by atoms with Crippen LogP contribution in [0.1, 0.15) is 6.92 Å². The van der Waals surface area contributed by atoms with Crippen molar-refractivity contribution in [2.75, 3.05) is 6.61 Å². The summed E-state index contributed by atoms with van der Waals surface area (Å²) in [6.07, 6.45) is -4.65. The summed E-state index contributed by atoms with van der Waals surface area (Å²) in [4.78, 5) is 0. The summed E-state index contributed by atoms with van der Waals surface area (Å²) >= 11 is 0. The lowest BCUT2D eigenvalue weighted by molar-refractivity contribution is -0.370. The van der Waals surface area contributed by atoms with Crippen LogP contribution in [0.2, 0.25) is 0 Å². The Labute approximate surface area is 80.3 Å². The van der Waals surface area contributed by atoms with Gasteiger partial charge in [-0.05, 0) is 6.92 Å². The van der Waals surface area contributed by atoms with Crippen LogP contribution in [-0.2, 0) is 4.74 Å². The van der Waals surface area contributed by atoms with E-state index >= 15 is 0 Å². The summed E-state index contributed by atoms with van der Waals surface area (Å²) in [5, 5.41) is 46.5. The van der Waals surface area contributed by atoms with Crippen LogP contribution in [0, 0.1) is 0 Å². The molecule has 7 N–H and O–H groups in total. The van der Waals surface area contributed by atoms with E-state index in [0.29, 0.717) is 0 Å². The van der Waals surface area contributed by atoms with Crippen molar-refractivity contribution in [3.63, 3.8) is 0 Å². The number of ether oxygens (including phenoxy) is 1. The molecule has 0 aromatic heterocycles. The lowest BCUT2D eigenvalue weighted by Crippen LogP contribution is -2.74. The molecule has 0 amide bonds. The van der Waals surface area contributed by atoms with Crippen molar-refractivity contribution < 1.29 is 30.3 Å². The summed E-state index contributed by atoms with van der Waals surface area (Å²) in [6, 6.07) is 0. The van der Waals surface area contributed by atoms with Crippen molar-refractivity contribution in [3.8, 4) is 0 Å². The van der Waals surface area contributed by atoms with E-state index in [4.69, 9.17) is 10.8 Å². The highest BCUT2D eigenvalue weighted by Crippen LogP contribution is 2.31. The Bertz CT molecular complexity index is 218. The number of hydrogen-bond acceptors (Lipinski definition) is 7. The van der Waals surface area contributed by atoms with Crippen molar-refractivity contribution in [1.29, 1.82) is 0 Å². The van der Waals surface area contributed by atoms with E-state index in [1.165, 1.54) is 0 Å². The standard InChI is InChI=1S/C7H15NO6/c1-6(12)4(10)3(2-9)14-7(8,13)5(6)11/h3-5,9-13H,2,8H2,1H3. The zero-order valence-corrected chi connectivity index (χ0v) is 7.66. The molecule has 0 aromatic rings. The fourth-order valence-corrected chi connectivity index (χ4v) is 1.47. The molecule has 7 heteroatoms. The molecule has 1 aliphatic rings. The molecule has 0 aliphatic carbocycles. The molecule has 5 unspecified atom stereocenters. The largest absolute Gasteiger partial charge is 0.394 e. The van der Waals surface area contributed by atoms with Crippen LogP contribution < -0.4 is 5.73 Å². The van der Waals surface area contributed by atoms with Gasteiger partial charge in [-0.2, -0.15) is 0 Å². The topological polar surface area (TPSA) is 136 Å². The van der Waals surface area contributed by atoms with Gasteiger partial charge < -0.3 is 30.3 Å². The van der Waals surface area contributed by atoms with E-state index in [9.17, 15) is 20.4 Å². The first-order chi connectivity index (χ1) is 6.23. The molecule has 84 valence electrons. The SMILES string of the molecule is CC1(O)C(O)C(CO)OC(N)(O)C1O. The second kappa shape index (κ2) is 3.38. The van der Waals surface area contributed by atoms with Crippen LogP contribution in [0.4, 0.5) is 0 Å². The lowest BCUT2D eigenvalue weighted by Gasteiger charge is -2.48. The molecule has 0 saturated carbocycles. The summed E-state index contributed by atoms with van der Waals surface area (Å²) in [6.45, 7) is 0.453. The quantitative estimate of drug-likeness (QED) is 0.246. The third kappa shape index (κ3) is 1.63. The normalized spacial score (nSPS) is 54.6. The summed E-state index contributed by atoms with van der Waals surface area (Å²) in [7, 11) is 0. The molecule has 1 rings (SSSR count). The monoisotopic (exact) mass is 209 g/mol. The van der Waals surface area contributed by atoms with E-state index in [-0.39, 0.29) is 0 Å². The van der Waals surface area contributed by atoms with Gasteiger partial charge in [-0.1, -0.05) is 0 Å². The van der Waals surface area contributed by atoms with Crippen LogP contribution >= 0.6 is 0 Å². The van der Waals surface area contributed by atoms with Crippen LogP contribution in [-0.4, -0.2) is 62.0 Å². The number of hydrogen-bond donors (Lipinski definition) is 6. The minimum Gasteiger partial charge on any atom is -0.394 e. The molecule has 14 heavy (non-hydrogen) atoms. The lowest BCUT2D eigenvalue weighted by atomic mass is 9.84. The molecular formula is C7H15NO6. The first-order valence-electron chi connectivity index (χ1n) is 4.12. The summed E-state index contributed by atoms with van der Waals surface area (Å²) < 4.78 is 4.61. The number of aliphatic hydroxyl groups excluding tert-OH is 3. The molecule has 0 aromatic carbocycles. The van der Waals surface area contributed by atoms with Crippen LogP contribution in [0.15, 0.2) is 0 Å². The van der Waals surface area contributed by atoms with Crippen molar-refractivity contribution in [2.24, 2.45) is 5.73 Å². The molecule has 0 bridgehead atoms. The average molecular weight is 209 g/mol. The highest BCUT2D eigenvalue weighted by molar-refractivity contribution is 5.02. The smallest absolute Gasteiger partial charge is 0.253 e. The fourth-order valence-electron chi connectivity index (χ4n) is 1.47. The van der Waals surface area contributed by atoms with Crippen molar-refractivity contribution >= 4 is 0 Å². The molecule has 1 fully saturated rings. The Morgan fingerprint density at radius 2 is 1.86 bits per heavy atom. The van der Waals surface area contributed by atoms with Gasteiger partial charge in [-0.3, -0.25) is 5.73 Å². The number of nitrogens with two attached hydrogens (primary N) is 1. The predicted octanol–water partition coefficient (Wildman–Crippen LogP) is -3.54. The van der Waals surface area contributed by atoms with Gasteiger partial charge in [-0.25, -0.2) is 0 Å². The van der Waals surface area contributed by atoms with E-state index in [1.54, 1.807) is 0 Å².